The molecule has 198 valence electrons. The number of benzene rings is 2. The van der Waals surface area contributed by atoms with Crippen LogP contribution in [0.1, 0.15) is 37.9 Å². The summed E-state index contributed by atoms with van der Waals surface area (Å²) in [6.07, 6.45) is 1.36. The molecule has 0 bridgehead atoms. The zero-order valence-electron chi connectivity index (χ0n) is 21.2. The van der Waals surface area contributed by atoms with Crippen molar-refractivity contribution in [3.05, 3.63) is 89.6 Å². The summed E-state index contributed by atoms with van der Waals surface area (Å²) in [5, 5.41) is 0.533. The number of hydrogen-bond acceptors (Lipinski definition) is 8. The minimum atomic E-state index is -0.740. The first-order valence-corrected chi connectivity index (χ1v) is 12.9. The largest absolute Gasteiger partial charge is 0.493 e. The van der Waals surface area contributed by atoms with Gasteiger partial charge in [0.05, 0.1) is 35.1 Å². The number of methoxy groups -OCH3 is 1. The van der Waals surface area contributed by atoms with E-state index in [4.69, 9.17) is 31.5 Å². The molecular formula is C27H26ClN3O6S. The highest BCUT2D eigenvalue weighted by Gasteiger charge is 2.33. The van der Waals surface area contributed by atoms with Crippen LogP contribution in [0.25, 0.3) is 6.08 Å². The molecule has 0 aliphatic carbocycles. The molecule has 4 rings (SSSR count). The molecule has 1 amide bonds. The summed E-state index contributed by atoms with van der Waals surface area (Å²) in [5.74, 6) is -0.427. The number of carbonyl (C=O) groups excluding carboxylic acids is 2. The summed E-state index contributed by atoms with van der Waals surface area (Å²) in [5.41, 5.74) is 6.97. The van der Waals surface area contributed by atoms with Crippen molar-refractivity contribution in [2.24, 2.45) is 10.7 Å². The predicted molar refractivity (Wildman–Crippen MR) is 144 cm³/mol. The van der Waals surface area contributed by atoms with Gasteiger partial charge in [0.2, 0.25) is 0 Å². The van der Waals surface area contributed by atoms with Gasteiger partial charge >= 0.3 is 5.97 Å². The Morgan fingerprint density at radius 3 is 2.53 bits per heavy atom. The van der Waals surface area contributed by atoms with E-state index in [0.717, 1.165) is 0 Å². The van der Waals surface area contributed by atoms with Gasteiger partial charge in [-0.3, -0.25) is 14.2 Å². The molecule has 0 spiro atoms. The standard InChI is InChI=1S/C27H26ClN3O6S/c1-14(2)37-26(34)23-15(3)30-27-31(24(23)17-6-8-18(28)9-7-17)25(33)21(38-27)12-16-5-10-19(20(11-16)35-4)36-13-22(29)32/h5-12,14,24H,13H2,1-4H3,(H2,29,32). The molecule has 1 unspecified atom stereocenters. The summed E-state index contributed by atoms with van der Waals surface area (Å²) >= 11 is 7.31. The SMILES string of the molecule is COc1cc(C=c2sc3n(c2=O)C(c2ccc(Cl)cc2)C(C(=O)OC(C)C)=C(C)N=3)ccc1OCC(N)=O. The van der Waals surface area contributed by atoms with Gasteiger partial charge in [-0.15, -0.1) is 0 Å². The van der Waals surface area contributed by atoms with Crippen molar-refractivity contribution in [1.29, 1.82) is 0 Å². The molecule has 1 atom stereocenters. The van der Waals surface area contributed by atoms with Gasteiger partial charge in [-0.25, -0.2) is 9.79 Å². The average Bonchev–Trinajstić information content (AvgIpc) is 3.16. The number of ether oxygens (including phenoxy) is 3. The number of primary amides is 1. The van der Waals surface area contributed by atoms with Crippen molar-refractivity contribution in [3.63, 3.8) is 0 Å². The van der Waals surface area contributed by atoms with E-state index in [9.17, 15) is 14.4 Å². The van der Waals surface area contributed by atoms with E-state index in [-0.39, 0.29) is 23.8 Å². The maximum atomic E-state index is 13.7. The predicted octanol–water partition coefficient (Wildman–Crippen LogP) is 2.71. The quantitative estimate of drug-likeness (QED) is 0.426. The van der Waals surface area contributed by atoms with E-state index in [2.05, 4.69) is 4.99 Å². The Kier molecular flexibility index (Phi) is 8.03. The van der Waals surface area contributed by atoms with E-state index >= 15 is 0 Å². The first kappa shape index (κ1) is 27.2. The molecule has 0 saturated heterocycles. The number of amides is 1. The lowest BCUT2D eigenvalue weighted by molar-refractivity contribution is -0.143. The Morgan fingerprint density at radius 2 is 1.89 bits per heavy atom. The van der Waals surface area contributed by atoms with Crippen LogP contribution in [0.2, 0.25) is 5.02 Å². The number of rotatable bonds is 8. The van der Waals surface area contributed by atoms with Crippen molar-refractivity contribution < 1.29 is 23.8 Å². The third-order valence-corrected chi connectivity index (χ3v) is 6.86. The minimum absolute atomic E-state index is 0.289. The molecule has 0 fully saturated rings. The molecule has 0 radical (unpaired) electrons. The first-order valence-electron chi connectivity index (χ1n) is 11.7. The fourth-order valence-corrected chi connectivity index (χ4v) is 5.19. The number of esters is 1. The van der Waals surface area contributed by atoms with E-state index < -0.39 is 17.9 Å². The number of hydrogen-bond donors (Lipinski definition) is 1. The number of thiazole rings is 1. The van der Waals surface area contributed by atoms with Crippen LogP contribution in [0.4, 0.5) is 0 Å². The molecule has 1 aliphatic heterocycles. The van der Waals surface area contributed by atoms with E-state index in [0.29, 0.717) is 42.7 Å². The van der Waals surface area contributed by atoms with Crippen LogP contribution in [-0.4, -0.2) is 36.3 Å². The van der Waals surface area contributed by atoms with Crippen LogP contribution in [0.5, 0.6) is 11.5 Å². The average molecular weight is 556 g/mol. The van der Waals surface area contributed by atoms with Gasteiger partial charge in [-0.2, -0.15) is 0 Å². The second kappa shape index (κ2) is 11.2. The van der Waals surface area contributed by atoms with Crippen molar-refractivity contribution in [2.75, 3.05) is 13.7 Å². The van der Waals surface area contributed by atoms with Gasteiger partial charge in [-0.1, -0.05) is 41.1 Å². The molecule has 2 heterocycles. The number of allylic oxidation sites excluding steroid dienone is 1. The summed E-state index contributed by atoms with van der Waals surface area (Å²) in [4.78, 5) is 43.0. The Labute approximate surface area is 227 Å². The maximum Gasteiger partial charge on any atom is 0.338 e. The van der Waals surface area contributed by atoms with Crippen molar-refractivity contribution in [3.8, 4) is 11.5 Å². The molecule has 1 aliphatic rings. The third-order valence-electron chi connectivity index (χ3n) is 5.63. The molecule has 2 aromatic carbocycles. The number of nitrogens with two attached hydrogens (primary N) is 1. The highest BCUT2D eigenvalue weighted by atomic mass is 35.5. The van der Waals surface area contributed by atoms with E-state index in [1.807, 2.05) is 0 Å². The Morgan fingerprint density at radius 1 is 1.18 bits per heavy atom. The normalized spacial score (nSPS) is 15.2. The number of halogens is 1. The van der Waals surface area contributed by atoms with E-state index in [1.54, 1.807) is 69.3 Å². The molecule has 3 aromatic rings. The smallest absolute Gasteiger partial charge is 0.338 e. The highest BCUT2D eigenvalue weighted by Crippen LogP contribution is 2.32. The van der Waals surface area contributed by atoms with Gasteiger partial charge < -0.3 is 19.9 Å². The molecule has 9 nitrogen and oxygen atoms in total. The molecule has 11 heteroatoms. The second-order valence-corrected chi connectivity index (χ2v) is 10.2. The topological polar surface area (TPSA) is 122 Å². The highest BCUT2D eigenvalue weighted by molar-refractivity contribution is 7.07. The van der Waals surface area contributed by atoms with Crippen molar-refractivity contribution >= 4 is 40.9 Å². The van der Waals surface area contributed by atoms with Gasteiger partial charge in [-0.05, 0) is 62.2 Å². The van der Waals surface area contributed by atoms with Crippen LogP contribution in [-0.2, 0) is 14.3 Å². The summed E-state index contributed by atoms with van der Waals surface area (Å²) in [6.45, 7) is 4.96. The number of nitrogens with zero attached hydrogens (tertiary/aromatic N) is 2. The second-order valence-electron chi connectivity index (χ2n) is 8.75. The summed E-state index contributed by atoms with van der Waals surface area (Å²) in [7, 11) is 1.47. The number of aromatic nitrogens is 1. The lowest BCUT2D eigenvalue weighted by Crippen LogP contribution is -2.40. The number of carbonyl (C=O) groups is 2. The lowest BCUT2D eigenvalue weighted by Gasteiger charge is -2.25. The lowest BCUT2D eigenvalue weighted by atomic mass is 9.96. The third kappa shape index (κ3) is 5.66. The maximum absolute atomic E-state index is 13.7. The fourth-order valence-electron chi connectivity index (χ4n) is 4.01. The fraction of sp³-hybridized carbons (Fsp3) is 0.259. The number of fused-ring (bicyclic) bond motifs is 1. The van der Waals surface area contributed by atoms with Crippen LogP contribution < -0.4 is 30.1 Å². The monoisotopic (exact) mass is 555 g/mol. The summed E-state index contributed by atoms with van der Waals surface area (Å²) in [6, 6.07) is 11.3. The van der Waals surface area contributed by atoms with Crippen LogP contribution in [0, 0.1) is 0 Å². The molecule has 2 N–H and O–H groups in total. The Bertz CT molecular complexity index is 1600. The van der Waals surface area contributed by atoms with Gasteiger partial charge in [0, 0.05) is 5.02 Å². The van der Waals surface area contributed by atoms with Crippen LogP contribution >= 0.6 is 22.9 Å². The van der Waals surface area contributed by atoms with Crippen LogP contribution in [0.15, 0.2) is 63.5 Å². The molecule has 38 heavy (non-hydrogen) atoms. The Hall–Kier alpha value is -3.89. The molecule has 0 saturated carbocycles. The summed E-state index contributed by atoms with van der Waals surface area (Å²) < 4.78 is 18.2. The zero-order chi connectivity index (χ0) is 27.6. The van der Waals surface area contributed by atoms with Gasteiger partial charge in [0.1, 0.15) is 0 Å². The van der Waals surface area contributed by atoms with E-state index in [1.165, 1.54) is 23.0 Å². The first-order chi connectivity index (χ1) is 18.1. The minimum Gasteiger partial charge on any atom is -0.493 e. The van der Waals surface area contributed by atoms with Crippen molar-refractivity contribution in [1.82, 2.24) is 4.57 Å². The van der Waals surface area contributed by atoms with Crippen molar-refractivity contribution in [2.45, 2.75) is 32.9 Å². The van der Waals surface area contributed by atoms with Gasteiger partial charge in [0.15, 0.2) is 22.9 Å². The molecule has 1 aromatic heterocycles. The zero-order valence-corrected chi connectivity index (χ0v) is 22.8. The van der Waals surface area contributed by atoms with Crippen LogP contribution in [0.3, 0.4) is 0 Å². The van der Waals surface area contributed by atoms with Gasteiger partial charge in [0.25, 0.3) is 11.5 Å². The Balaban J connectivity index is 1.85. The molecular weight excluding hydrogens is 530 g/mol.